The Labute approximate surface area is 114 Å². The Morgan fingerprint density at radius 3 is 2.47 bits per heavy atom. The number of carbonyl (C=O) groups is 2. The first-order valence-corrected chi connectivity index (χ1v) is 7.43. The summed E-state index contributed by atoms with van der Waals surface area (Å²) < 4.78 is 30.6. The van der Waals surface area contributed by atoms with Crippen molar-refractivity contribution in [2.75, 3.05) is 7.11 Å². The molecule has 0 bridgehead atoms. The van der Waals surface area contributed by atoms with Crippen molar-refractivity contribution in [1.29, 1.82) is 0 Å². The van der Waals surface area contributed by atoms with E-state index in [-0.39, 0.29) is 9.77 Å². The lowest BCUT2D eigenvalue weighted by Crippen LogP contribution is -2.39. The van der Waals surface area contributed by atoms with Gasteiger partial charge in [-0.25, -0.2) is 13.2 Å². The van der Waals surface area contributed by atoms with E-state index in [4.69, 9.17) is 5.11 Å². The second kappa shape index (κ2) is 5.68. The maximum absolute atomic E-state index is 12.0. The number of aromatic carboxylic acids is 1. The maximum atomic E-state index is 12.0. The summed E-state index contributed by atoms with van der Waals surface area (Å²) in [6.07, 6.45) is 0. The fourth-order valence-corrected chi connectivity index (χ4v) is 3.98. The molecule has 1 atom stereocenters. The SMILES string of the molecule is COC(=O)[C@H](C)NS(=O)(=O)c1cc(C(=O)O)sc1C. The minimum absolute atomic E-state index is 0.0800. The number of sulfonamides is 1. The highest BCUT2D eigenvalue weighted by atomic mass is 32.2. The zero-order chi connectivity index (χ0) is 14.8. The highest BCUT2D eigenvalue weighted by Gasteiger charge is 2.26. The Bertz CT molecular complexity index is 604. The van der Waals surface area contributed by atoms with E-state index in [1.54, 1.807) is 0 Å². The van der Waals surface area contributed by atoms with Gasteiger partial charge in [-0.05, 0) is 19.9 Å². The number of aryl methyl sites for hydroxylation is 1. The largest absolute Gasteiger partial charge is 0.477 e. The molecule has 1 aromatic rings. The van der Waals surface area contributed by atoms with E-state index >= 15 is 0 Å². The van der Waals surface area contributed by atoms with Gasteiger partial charge in [-0.3, -0.25) is 4.79 Å². The van der Waals surface area contributed by atoms with Gasteiger partial charge in [0.05, 0.1) is 12.0 Å². The van der Waals surface area contributed by atoms with E-state index in [0.29, 0.717) is 4.88 Å². The van der Waals surface area contributed by atoms with Crippen molar-refractivity contribution in [2.45, 2.75) is 24.8 Å². The van der Waals surface area contributed by atoms with Crippen LogP contribution < -0.4 is 4.72 Å². The van der Waals surface area contributed by atoms with Crippen LogP contribution in [0.25, 0.3) is 0 Å². The number of carboxylic acid groups (broad SMARTS) is 1. The van der Waals surface area contributed by atoms with Crippen LogP contribution in [-0.4, -0.2) is 38.6 Å². The summed E-state index contributed by atoms with van der Waals surface area (Å²) in [6.45, 7) is 2.83. The molecule has 1 aromatic heterocycles. The van der Waals surface area contributed by atoms with Crippen LogP contribution in [0.2, 0.25) is 0 Å². The van der Waals surface area contributed by atoms with Gasteiger partial charge in [-0.2, -0.15) is 4.72 Å². The molecule has 1 rings (SSSR count). The third kappa shape index (κ3) is 3.52. The van der Waals surface area contributed by atoms with E-state index in [1.807, 2.05) is 0 Å². The Kier molecular flexibility index (Phi) is 4.66. The number of methoxy groups -OCH3 is 1. The van der Waals surface area contributed by atoms with Gasteiger partial charge >= 0.3 is 11.9 Å². The molecule has 7 nitrogen and oxygen atoms in total. The number of carboxylic acids is 1. The smallest absolute Gasteiger partial charge is 0.345 e. The summed E-state index contributed by atoms with van der Waals surface area (Å²) in [7, 11) is -2.82. The van der Waals surface area contributed by atoms with Gasteiger partial charge in [0.1, 0.15) is 10.9 Å². The summed E-state index contributed by atoms with van der Waals surface area (Å²) in [5.41, 5.74) is 0. The van der Waals surface area contributed by atoms with Gasteiger partial charge in [-0.15, -0.1) is 11.3 Å². The molecule has 1 heterocycles. The first-order valence-electron chi connectivity index (χ1n) is 5.13. The topological polar surface area (TPSA) is 110 Å². The fourth-order valence-electron chi connectivity index (χ4n) is 1.36. The van der Waals surface area contributed by atoms with E-state index in [2.05, 4.69) is 9.46 Å². The molecule has 0 aliphatic rings. The summed E-state index contributed by atoms with van der Waals surface area (Å²) in [5, 5.41) is 8.82. The molecule has 0 radical (unpaired) electrons. The van der Waals surface area contributed by atoms with Crippen LogP contribution in [0.15, 0.2) is 11.0 Å². The molecular weight excluding hydrogens is 294 g/mol. The van der Waals surface area contributed by atoms with Crippen LogP contribution in [0.5, 0.6) is 0 Å². The van der Waals surface area contributed by atoms with E-state index in [0.717, 1.165) is 24.5 Å². The van der Waals surface area contributed by atoms with Crippen LogP contribution in [0, 0.1) is 6.92 Å². The van der Waals surface area contributed by atoms with Crippen molar-refractivity contribution in [2.24, 2.45) is 0 Å². The Hall–Kier alpha value is -1.45. The number of nitrogens with one attached hydrogen (secondary N) is 1. The second-order valence-corrected chi connectivity index (χ2v) is 6.64. The number of carbonyl (C=O) groups excluding carboxylic acids is 1. The minimum atomic E-state index is -3.96. The fraction of sp³-hybridized carbons (Fsp3) is 0.400. The Morgan fingerprint density at radius 1 is 1.47 bits per heavy atom. The van der Waals surface area contributed by atoms with Gasteiger partial charge in [-0.1, -0.05) is 0 Å². The highest BCUT2D eigenvalue weighted by Crippen LogP contribution is 2.25. The number of hydrogen-bond acceptors (Lipinski definition) is 6. The van der Waals surface area contributed by atoms with Gasteiger partial charge in [0.25, 0.3) is 0 Å². The van der Waals surface area contributed by atoms with Gasteiger partial charge < -0.3 is 9.84 Å². The number of rotatable bonds is 5. The van der Waals surface area contributed by atoms with Crippen molar-refractivity contribution in [1.82, 2.24) is 4.72 Å². The van der Waals surface area contributed by atoms with Crippen molar-refractivity contribution in [3.63, 3.8) is 0 Å². The van der Waals surface area contributed by atoms with E-state index in [1.165, 1.54) is 13.8 Å². The molecule has 0 aromatic carbocycles. The number of thiophene rings is 1. The number of ether oxygens (including phenoxy) is 1. The Morgan fingerprint density at radius 2 is 2.05 bits per heavy atom. The molecule has 0 saturated heterocycles. The summed E-state index contributed by atoms with van der Waals surface area (Å²) in [5.74, 6) is -1.93. The van der Waals surface area contributed by atoms with Crippen LogP contribution in [-0.2, 0) is 19.6 Å². The summed E-state index contributed by atoms with van der Waals surface area (Å²) in [6, 6.07) is 0.0110. The third-order valence-corrected chi connectivity index (χ3v) is 5.09. The lowest BCUT2D eigenvalue weighted by Gasteiger charge is -2.11. The summed E-state index contributed by atoms with van der Waals surface area (Å²) >= 11 is 0.856. The molecular formula is C10H13NO6S2. The van der Waals surface area contributed by atoms with Crippen molar-refractivity contribution < 1.29 is 27.9 Å². The molecule has 2 N–H and O–H groups in total. The lowest BCUT2D eigenvalue weighted by molar-refractivity contribution is -0.142. The molecule has 19 heavy (non-hydrogen) atoms. The molecule has 0 unspecified atom stereocenters. The van der Waals surface area contributed by atoms with Crippen molar-refractivity contribution in [3.05, 3.63) is 15.8 Å². The molecule has 0 amide bonds. The normalized spacial score (nSPS) is 13.0. The molecule has 106 valence electrons. The standard InChI is InChI=1S/C10H13NO6S2/c1-5(10(14)17-3)11-19(15,16)8-4-7(9(12)13)18-6(8)2/h4-5,11H,1-3H3,(H,12,13)/t5-/m0/s1. The predicted octanol–water partition coefficient (Wildman–Crippen LogP) is 0.595. The summed E-state index contributed by atoms with van der Waals surface area (Å²) in [4.78, 5) is 22.1. The average Bonchev–Trinajstić information content (AvgIpc) is 2.70. The third-order valence-electron chi connectivity index (χ3n) is 2.26. The van der Waals surface area contributed by atoms with Crippen LogP contribution in [0.4, 0.5) is 0 Å². The highest BCUT2D eigenvalue weighted by molar-refractivity contribution is 7.89. The number of hydrogen-bond donors (Lipinski definition) is 2. The first kappa shape index (κ1) is 15.6. The van der Waals surface area contributed by atoms with E-state index < -0.39 is 28.0 Å². The first-order chi connectivity index (χ1) is 8.69. The van der Waals surface area contributed by atoms with Crippen LogP contribution >= 0.6 is 11.3 Å². The monoisotopic (exact) mass is 307 g/mol. The van der Waals surface area contributed by atoms with Gasteiger partial charge in [0.2, 0.25) is 10.0 Å². The molecule has 0 saturated carbocycles. The minimum Gasteiger partial charge on any atom is -0.477 e. The van der Waals surface area contributed by atoms with E-state index in [9.17, 15) is 18.0 Å². The van der Waals surface area contributed by atoms with Crippen molar-refractivity contribution >= 4 is 33.3 Å². The molecule has 9 heteroatoms. The zero-order valence-corrected chi connectivity index (χ0v) is 12.1. The quantitative estimate of drug-likeness (QED) is 0.771. The van der Waals surface area contributed by atoms with Gasteiger partial charge in [0.15, 0.2) is 0 Å². The lowest BCUT2D eigenvalue weighted by atomic mass is 10.4. The molecule has 0 spiro atoms. The van der Waals surface area contributed by atoms with Crippen LogP contribution in [0.3, 0.4) is 0 Å². The zero-order valence-electron chi connectivity index (χ0n) is 10.5. The molecule has 0 aliphatic carbocycles. The average molecular weight is 307 g/mol. The van der Waals surface area contributed by atoms with Crippen molar-refractivity contribution in [3.8, 4) is 0 Å². The molecule has 0 fully saturated rings. The maximum Gasteiger partial charge on any atom is 0.345 e. The van der Waals surface area contributed by atoms with Crippen LogP contribution in [0.1, 0.15) is 21.5 Å². The van der Waals surface area contributed by atoms with Gasteiger partial charge in [0, 0.05) is 4.88 Å². The predicted molar refractivity (Wildman–Crippen MR) is 67.8 cm³/mol. The second-order valence-electron chi connectivity index (χ2n) is 3.70. The number of esters is 1. The Balaban J connectivity index is 3.07. The molecule has 0 aliphatic heterocycles.